The molecule has 4 nitrogen and oxygen atoms in total. The second-order valence-electron chi connectivity index (χ2n) is 5.84. The third-order valence-corrected chi connectivity index (χ3v) is 4.17. The molecule has 2 aliphatic heterocycles. The Morgan fingerprint density at radius 1 is 1.13 bits per heavy atom. The standard InChI is InChI=1S/C16H18F3NO3/c17-16(18,19)12-3-1-6-20(10-12)15(21)11-4-5-13-14(9-11)23-8-2-7-22-13/h4-5,9,12H,1-3,6-8,10H2/t12-/m0/s1. The van der Waals surface area contributed by atoms with E-state index in [-0.39, 0.29) is 13.0 Å². The number of benzene rings is 1. The predicted molar refractivity (Wildman–Crippen MR) is 76.7 cm³/mol. The second kappa shape index (κ2) is 6.29. The molecule has 0 unspecified atom stereocenters. The SMILES string of the molecule is O=C(c1ccc2c(c1)OCCCO2)N1CCC[C@H](C(F)(F)F)C1. The average Bonchev–Trinajstić information content (AvgIpc) is 2.78. The van der Waals surface area contributed by atoms with Crippen LogP contribution in [0.25, 0.3) is 0 Å². The fourth-order valence-electron chi connectivity index (χ4n) is 2.91. The lowest BCUT2D eigenvalue weighted by Gasteiger charge is -2.33. The van der Waals surface area contributed by atoms with Gasteiger partial charge in [0, 0.05) is 25.1 Å². The Bertz CT molecular complexity index is 588. The van der Waals surface area contributed by atoms with E-state index in [9.17, 15) is 18.0 Å². The molecule has 23 heavy (non-hydrogen) atoms. The number of likely N-dealkylation sites (tertiary alicyclic amines) is 1. The summed E-state index contributed by atoms with van der Waals surface area (Å²) in [6.07, 6.45) is -3.07. The van der Waals surface area contributed by atoms with Crippen LogP contribution >= 0.6 is 0 Å². The highest BCUT2D eigenvalue weighted by molar-refractivity contribution is 5.95. The number of halogens is 3. The molecule has 1 amide bonds. The highest BCUT2D eigenvalue weighted by Crippen LogP contribution is 2.35. The molecule has 3 rings (SSSR count). The predicted octanol–water partition coefficient (Wildman–Crippen LogP) is 3.26. The molecule has 1 atom stereocenters. The molecule has 7 heteroatoms. The monoisotopic (exact) mass is 329 g/mol. The van der Waals surface area contributed by atoms with Crippen LogP contribution in [0.2, 0.25) is 0 Å². The van der Waals surface area contributed by atoms with Gasteiger partial charge in [-0.25, -0.2) is 0 Å². The maximum absolute atomic E-state index is 12.9. The molecular weight excluding hydrogens is 311 g/mol. The first kappa shape index (κ1) is 16.0. The first-order valence-corrected chi connectivity index (χ1v) is 7.71. The first-order chi connectivity index (χ1) is 10.9. The van der Waals surface area contributed by atoms with E-state index in [1.54, 1.807) is 18.2 Å². The molecular formula is C16H18F3NO3. The van der Waals surface area contributed by atoms with E-state index < -0.39 is 18.0 Å². The molecule has 0 saturated carbocycles. The lowest BCUT2D eigenvalue weighted by Crippen LogP contribution is -2.44. The van der Waals surface area contributed by atoms with Crippen LogP contribution in [-0.2, 0) is 0 Å². The minimum atomic E-state index is -4.26. The van der Waals surface area contributed by atoms with Crippen LogP contribution in [0.4, 0.5) is 13.2 Å². The second-order valence-corrected chi connectivity index (χ2v) is 5.84. The normalized spacial score (nSPS) is 21.7. The van der Waals surface area contributed by atoms with Crippen molar-refractivity contribution in [3.05, 3.63) is 23.8 Å². The Balaban J connectivity index is 1.76. The lowest BCUT2D eigenvalue weighted by atomic mass is 9.97. The highest BCUT2D eigenvalue weighted by atomic mass is 19.4. The Morgan fingerprint density at radius 3 is 2.61 bits per heavy atom. The summed E-state index contributed by atoms with van der Waals surface area (Å²) in [4.78, 5) is 13.8. The molecule has 0 N–H and O–H groups in total. The van der Waals surface area contributed by atoms with Crippen LogP contribution in [0.5, 0.6) is 11.5 Å². The zero-order chi connectivity index (χ0) is 16.4. The van der Waals surface area contributed by atoms with Crippen LogP contribution < -0.4 is 9.47 Å². The molecule has 0 spiro atoms. The third-order valence-electron chi connectivity index (χ3n) is 4.17. The van der Waals surface area contributed by atoms with E-state index in [4.69, 9.17) is 9.47 Å². The van der Waals surface area contributed by atoms with Crippen LogP contribution in [0.3, 0.4) is 0 Å². The molecule has 0 aliphatic carbocycles. The quantitative estimate of drug-likeness (QED) is 0.794. The number of amides is 1. The molecule has 0 bridgehead atoms. The first-order valence-electron chi connectivity index (χ1n) is 7.71. The number of alkyl halides is 3. The van der Waals surface area contributed by atoms with Gasteiger partial charge in [-0.3, -0.25) is 4.79 Å². The highest BCUT2D eigenvalue weighted by Gasteiger charge is 2.42. The summed E-state index contributed by atoms with van der Waals surface area (Å²) in [6.45, 7) is 1.10. The number of hydrogen-bond acceptors (Lipinski definition) is 3. The maximum atomic E-state index is 12.9. The van der Waals surface area contributed by atoms with Crippen molar-refractivity contribution in [3.8, 4) is 11.5 Å². The summed E-state index contributed by atoms with van der Waals surface area (Å²) in [6, 6.07) is 4.77. The average molecular weight is 329 g/mol. The molecule has 0 aromatic heterocycles. The number of carbonyl (C=O) groups is 1. The topological polar surface area (TPSA) is 38.8 Å². The molecule has 2 heterocycles. The van der Waals surface area contributed by atoms with Gasteiger partial charge in [-0.2, -0.15) is 13.2 Å². The molecule has 1 saturated heterocycles. The smallest absolute Gasteiger partial charge is 0.393 e. The van der Waals surface area contributed by atoms with Crippen LogP contribution in [-0.4, -0.2) is 43.3 Å². The maximum Gasteiger partial charge on any atom is 0.393 e. The van der Waals surface area contributed by atoms with Crippen molar-refractivity contribution in [2.24, 2.45) is 5.92 Å². The van der Waals surface area contributed by atoms with E-state index in [0.717, 1.165) is 6.42 Å². The number of hydrogen-bond donors (Lipinski definition) is 0. The summed E-state index contributed by atoms with van der Waals surface area (Å²) < 4.78 is 49.6. The number of rotatable bonds is 1. The summed E-state index contributed by atoms with van der Waals surface area (Å²) >= 11 is 0. The van der Waals surface area contributed by atoms with E-state index >= 15 is 0 Å². The Morgan fingerprint density at radius 2 is 1.87 bits per heavy atom. The molecule has 2 aliphatic rings. The number of carbonyl (C=O) groups excluding carboxylic acids is 1. The van der Waals surface area contributed by atoms with Gasteiger partial charge in [0.2, 0.25) is 0 Å². The van der Waals surface area contributed by atoms with Gasteiger partial charge in [-0.1, -0.05) is 0 Å². The summed E-state index contributed by atoms with van der Waals surface area (Å²) in [5, 5.41) is 0. The molecule has 1 aromatic rings. The lowest BCUT2D eigenvalue weighted by molar-refractivity contribution is -0.184. The number of ether oxygens (including phenoxy) is 2. The van der Waals surface area contributed by atoms with Gasteiger partial charge in [0.1, 0.15) is 0 Å². The van der Waals surface area contributed by atoms with Gasteiger partial charge < -0.3 is 14.4 Å². The van der Waals surface area contributed by atoms with Crippen molar-refractivity contribution in [2.75, 3.05) is 26.3 Å². The van der Waals surface area contributed by atoms with Crippen molar-refractivity contribution in [1.82, 2.24) is 4.90 Å². The Labute approximate surface area is 132 Å². The van der Waals surface area contributed by atoms with Crippen LogP contribution in [0, 0.1) is 5.92 Å². The molecule has 1 aromatic carbocycles. The Kier molecular flexibility index (Phi) is 4.37. The largest absolute Gasteiger partial charge is 0.490 e. The number of piperidine rings is 1. The fourth-order valence-corrected chi connectivity index (χ4v) is 2.91. The van der Waals surface area contributed by atoms with Crippen molar-refractivity contribution < 1.29 is 27.4 Å². The van der Waals surface area contributed by atoms with E-state index in [1.807, 2.05) is 0 Å². The minimum Gasteiger partial charge on any atom is -0.490 e. The third kappa shape index (κ3) is 3.54. The van der Waals surface area contributed by atoms with Gasteiger partial charge in [-0.15, -0.1) is 0 Å². The van der Waals surface area contributed by atoms with Gasteiger partial charge in [0.15, 0.2) is 11.5 Å². The molecule has 0 radical (unpaired) electrons. The molecule has 1 fully saturated rings. The summed E-state index contributed by atoms with van der Waals surface area (Å²) in [5.74, 6) is -0.807. The molecule has 126 valence electrons. The van der Waals surface area contributed by atoms with Crippen LogP contribution in [0.15, 0.2) is 18.2 Å². The van der Waals surface area contributed by atoms with Crippen molar-refractivity contribution in [2.45, 2.75) is 25.4 Å². The van der Waals surface area contributed by atoms with Crippen molar-refractivity contribution in [1.29, 1.82) is 0 Å². The fraction of sp³-hybridized carbons (Fsp3) is 0.562. The van der Waals surface area contributed by atoms with E-state index in [0.29, 0.717) is 43.2 Å². The zero-order valence-corrected chi connectivity index (χ0v) is 12.6. The summed E-state index contributed by atoms with van der Waals surface area (Å²) in [5.41, 5.74) is 0.331. The summed E-state index contributed by atoms with van der Waals surface area (Å²) in [7, 11) is 0. The van der Waals surface area contributed by atoms with Crippen LogP contribution in [0.1, 0.15) is 29.6 Å². The van der Waals surface area contributed by atoms with Crippen molar-refractivity contribution in [3.63, 3.8) is 0 Å². The van der Waals surface area contributed by atoms with Gasteiger partial charge in [0.05, 0.1) is 19.1 Å². The zero-order valence-electron chi connectivity index (χ0n) is 12.6. The van der Waals surface area contributed by atoms with Crippen molar-refractivity contribution >= 4 is 5.91 Å². The van der Waals surface area contributed by atoms with Gasteiger partial charge in [0.25, 0.3) is 5.91 Å². The number of fused-ring (bicyclic) bond motifs is 1. The minimum absolute atomic E-state index is 0.0778. The van der Waals surface area contributed by atoms with Gasteiger partial charge >= 0.3 is 6.18 Å². The van der Waals surface area contributed by atoms with E-state index in [2.05, 4.69) is 0 Å². The number of nitrogens with zero attached hydrogens (tertiary/aromatic N) is 1. The Hall–Kier alpha value is -1.92. The van der Waals surface area contributed by atoms with Gasteiger partial charge in [-0.05, 0) is 31.0 Å². The van der Waals surface area contributed by atoms with E-state index in [1.165, 1.54) is 4.90 Å².